The molecule has 0 unspecified atom stereocenters. The molecule has 0 saturated carbocycles. The molecule has 7 rings (SSSR count). The molecule has 5 aromatic rings. The average molecular weight is 578 g/mol. The number of benzene rings is 3. The van der Waals surface area contributed by atoms with Crippen molar-refractivity contribution in [3.05, 3.63) is 111 Å². The van der Waals surface area contributed by atoms with Crippen LogP contribution in [0.1, 0.15) is 39.7 Å². The lowest BCUT2D eigenvalue weighted by Gasteiger charge is -2.38. The van der Waals surface area contributed by atoms with Gasteiger partial charge in [-0.1, -0.05) is 36.4 Å². The van der Waals surface area contributed by atoms with E-state index in [0.717, 1.165) is 67.1 Å². The predicted molar refractivity (Wildman–Crippen MR) is 163 cm³/mol. The number of aromatic nitrogens is 5. The Hall–Kier alpha value is -4.54. The lowest BCUT2D eigenvalue weighted by Crippen LogP contribution is -2.48. The highest BCUT2D eigenvalue weighted by Crippen LogP contribution is 2.33. The van der Waals surface area contributed by atoms with E-state index < -0.39 is 0 Å². The van der Waals surface area contributed by atoms with Gasteiger partial charge in [0.05, 0.1) is 0 Å². The maximum atomic E-state index is 13.7. The van der Waals surface area contributed by atoms with Crippen LogP contribution < -0.4 is 15.0 Å². The molecule has 0 bridgehead atoms. The Balaban J connectivity index is 1.18. The molecule has 10 heteroatoms. The summed E-state index contributed by atoms with van der Waals surface area (Å²) in [6, 6.07) is 22.3. The Morgan fingerprint density at radius 1 is 0.884 bits per heavy atom. The van der Waals surface area contributed by atoms with E-state index in [2.05, 4.69) is 74.5 Å². The maximum Gasteiger partial charge on any atom is 0.253 e. The number of rotatable bonds is 8. The van der Waals surface area contributed by atoms with Crippen molar-refractivity contribution in [2.75, 3.05) is 33.0 Å². The first kappa shape index (κ1) is 27.3. The molecular formula is C33H35N7O3. The molecule has 3 aromatic carbocycles. The van der Waals surface area contributed by atoms with Crippen molar-refractivity contribution in [3.63, 3.8) is 0 Å². The fourth-order valence-corrected chi connectivity index (χ4v) is 6.12. The third-order valence-electron chi connectivity index (χ3n) is 8.66. The van der Waals surface area contributed by atoms with Crippen molar-refractivity contribution in [2.45, 2.75) is 39.4 Å². The number of ether oxygens (including phenoxy) is 2. The van der Waals surface area contributed by atoms with Crippen LogP contribution in [-0.4, -0.2) is 68.0 Å². The van der Waals surface area contributed by atoms with Crippen LogP contribution in [0, 0.1) is 13.8 Å². The summed E-state index contributed by atoms with van der Waals surface area (Å²) in [5.74, 6) is 2.29. The second-order valence-corrected chi connectivity index (χ2v) is 11.5. The first-order valence-corrected chi connectivity index (χ1v) is 14.8. The van der Waals surface area contributed by atoms with Crippen molar-refractivity contribution in [1.29, 1.82) is 0 Å². The Morgan fingerprint density at radius 3 is 2.51 bits per heavy atom. The number of hydrogen-bond donors (Lipinski definition) is 1. The molecule has 10 nitrogen and oxygen atoms in total. The number of nitrogens with zero attached hydrogens (tertiary/aromatic N) is 6. The number of H-pyrrole nitrogens is 1. The number of piperazine rings is 1. The van der Waals surface area contributed by atoms with E-state index in [0.29, 0.717) is 17.9 Å². The highest BCUT2D eigenvalue weighted by atomic mass is 16.7. The molecule has 1 fully saturated rings. The molecule has 0 spiro atoms. The monoisotopic (exact) mass is 577 g/mol. The van der Waals surface area contributed by atoms with Crippen LogP contribution in [0.15, 0.2) is 71.5 Å². The first-order chi connectivity index (χ1) is 21.0. The Bertz CT molecular complexity index is 1810. The summed E-state index contributed by atoms with van der Waals surface area (Å²) < 4.78 is 12.9. The number of pyridine rings is 1. The predicted octanol–water partition coefficient (Wildman–Crippen LogP) is 4.01. The van der Waals surface area contributed by atoms with Crippen molar-refractivity contribution in [2.24, 2.45) is 0 Å². The smallest absolute Gasteiger partial charge is 0.253 e. The number of tetrazole rings is 1. The molecule has 0 radical (unpaired) electrons. The van der Waals surface area contributed by atoms with Crippen LogP contribution in [0.25, 0.3) is 10.9 Å². The quantitative estimate of drug-likeness (QED) is 0.295. The van der Waals surface area contributed by atoms with Crippen LogP contribution in [0.5, 0.6) is 11.5 Å². The number of aryl methyl sites for hydroxylation is 4. The van der Waals surface area contributed by atoms with E-state index in [9.17, 15) is 4.79 Å². The van der Waals surface area contributed by atoms with Crippen LogP contribution in [0.4, 0.5) is 0 Å². The van der Waals surface area contributed by atoms with Gasteiger partial charge in [-0.2, -0.15) is 0 Å². The molecule has 2 aliphatic rings. The molecular weight excluding hydrogens is 542 g/mol. The summed E-state index contributed by atoms with van der Waals surface area (Å²) in [4.78, 5) is 21.6. The van der Waals surface area contributed by atoms with E-state index in [1.165, 1.54) is 16.7 Å². The number of fused-ring (bicyclic) bond motifs is 2. The van der Waals surface area contributed by atoms with Gasteiger partial charge in [-0.3, -0.25) is 14.6 Å². The highest BCUT2D eigenvalue weighted by molar-refractivity contribution is 5.81. The summed E-state index contributed by atoms with van der Waals surface area (Å²) in [5, 5.41) is 14.0. The summed E-state index contributed by atoms with van der Waals surface area (Å²) in [6.07, 6.45) is 0.793. The van der Waals surface area contributed by atoms with Crippen LogP contribution >= 0.6 is 0 Å². The van der Waals surface area contributed by atoms with Gasteiger partial charge in [-0.25, -0.2) is 4.68 Å². The van der Waals surface area contributed by atoms with Crippen molar-refractivity contribution >= 4 is 10.9 Å². The van der Waals surface area contributed by atoms with E-state index in [1.807, 2.05) is 41.1 Å². The number of hydrogen-bond acceptors (Lipinski definition) is 8. The highest BCUT2D eigenvalue weighted by Gasteiger charge is 2.33. The van der Waals surface area contributed by atoms with Gasteiger partial charge >= 0.3 is 0 Å². The molecule has 220 valence electrons. The minimum Gasteiger partial charge on any atom is -0.454 e. The van der Waals surface area contributed by atoms with Gasteiger partial charge in [0.15, 0.2) is 17.3 Å². The minimum absolute atomic E-state index is 0.110. The standard InChI is InChI=1S/C33H35N7O3/c1-22-16-26-19-27(33(41)34-28(26)17-23(22)2)31(32-35-36-37-40(32)11-10-24-6-4-3-5-7-24)39-14-12-38(13-15-39)20-25-8-9-29-30(18-25)43-21-42-29/h3-9,16-19,31H,10-15,20-21H2,1-2H3,(H,34,41)/t31-/m0/s1. The van der Waals surface area contributed by atoms with Gasteiger partial charge in [0.25, 0.3) is 5.56 Å². The van der Waals surface area contributed by atoms with E-state index in [1.54, 1.807) is 0 Å². The van der Waals surface area contributed by atoms with Gasteiger partial charge in [0.1, 0.15) is 6.04 Å². The topological polar surface area (TPSA) is 101 Å². The lowest BCUT2D eigenvalue weighted by atomic mass is 10.00. The Labute approximate surface area is 249 Å². The summed E-state index contributed by atoms with van der Waals surface area (Å²) >= 11 is 0. The molecule has 43 heavy (non-hydrogen) atoms. The van der Waals surface area contributed by atoms with Crippen molar-refractivity contribution < 1.29 is 9.47 Å². The van der Waals surface area contributed by atoms with Gasteiger partial charge < -0.3 is 14.5 Å². The molecule has 2 aliphatic heterocycles. The largest absolute Gasteiger partial charge is 0.454 e. The maximum absolute atomic E-state index is 13.7. The molecule has 4 heterocycles. The van der Waals surface area contributed by atoms with Gasteiger partial charge in [0, 0.05) is 50.3 Å². The zero-order valence-corrected chi connectivity index (χ0v) is 24.5. The fraction of sp³-hybridized carbons (Fsp3) is 0.333. The number of aromatic amines is 1. The fourth-order valence-electron chi connectivity index (χ4n) is 6.12. The van der Waals surface area contributed by atoms with Crippen LogP contribution in [0.3, 0.4) is 0 Å². The number of nitrogens with one attached hydrogen (secondary N) is 1. The van der Waals surface area contributed by atoms with Crippen molar-refractivity contribution in [1.82, 2.24) is 35.0 Å². The van der Waals surface area contributed by atoms with Crippen molar-refractivity contribution in [3.8, 4) is 11.5 Å². The zero-order chi connectivity index (χ0) is 29.3. The summed E-state index contributed by atoms with van der Waals surface area (Å²) in [6.45, 7) is 9.11. The van der Waals surface area contributed by atoms with Gasteiger partial charge in [-0.15, -0.1) is 5.10 Å². The van der Waals surface area contributed by atoms with E-state index in [4.69, 9.17) is 9.47 Å². The third kappa shape index (κ3) is 5.63. The molecule has 0 amide bonds. The molecule has 1 saturated heterocycles. The first-order valence-electron chi connectivity index (χ1n) is 14.8. The molecule has 2 aromatic heterocycles. The second-order valence-electron chi connectivity index (χ2n) is 11.5. The van der Waals surface area contributed by atoms with Crippen LogP contribution in [0.2, 0.25) is 0 Å². The molecule has 0 aliphatic carbocycles. The average Bonchev–Trinajstić information content (AvgIpc) is 3.68. The van der Waals surface area contributed by atoms with E-state index >= 15 is 0 Å². The Morgan fingerprint density at radius 2 is 1.67 bits per heavy atom. The summed E-state index contributed by atoms with van der Waals surface area (Å²) in [5.41, 5.74) is 6.13. The van der Waals surface area contributed by atoms with E-state index in [-0.39, 0.29) is 18.4 Å². The second kappa shape index (κ2) is 11.6. The van der Waals surface area contributed by atoms with Crippen LogP contribution in [-0.2, 0) is 19.5 Å². The summed E-state index contributed by atoms with van der Waals surface area (Å²) in [7, 11) is 0. The Kier molecular flexibility index (Phi) is 7.38. The SMILES string of the molecule is Cc1cc2cc([C@@H](c3nnnn3CCc3ccccc3)N3CCN(Cc4ccc5c(c4)OCO5)CC3)c(=O)[nH]c2cc1C. The third-order valence-corrected chi connectivity index (χ3v) is 8.66. The van der Waals surface area contributed by atoms with Gasteiger partial charge in [0.2, 0.25) is 6.79 Å². The molecule has 1 atom stereocenters. The zero-order valence-electron chi connectivity index (χ0n) is 24.5. The normalized spacial score (nSPS) is 16.1. The minimum atomic E-state index is -0.381. The lowest BCUT2D eigenvalue weighted by molar-refractivity contribution is 0.0996. The molecule has 1 N–H and O–H groups in total. The van der Waals surface area contributed by atoms with Gasteiger partial charge in [-0.05, 0) is 88.7 Å².